The second kappa shape index (κ2) is 10.6. The predicted octanol–water partition coefficient (Wildman–Crippen LogP) is -1.94. The number of carboxylic acids is 1. The summed E-state index contributed by atoms with van der Waals surface area (Å²) in [6, 6.07) is -3.60. The summed E-state index contributed by atoms with van der Waals surface area (Å²) in [4.78, 5) is 46.5. The summed E-state index contributed by atoms with van der Waals surface area (Å²) in [5.74, 6) is -3.42. The third-order valence-electron chi connectivity index (χ3n) is 3.46. The number of rotatable bonds is 11. The van der Waals surface area contributed by atoms with Gasteiger partial charge in [0.2, 0.25) is 17.7 Å². The molecule has 4 unspecified atom stereocenters. The molecule has 0 bridgehead atoms. The Labute approximate surface area is 146 Å². The van der Waals surface area contributed by atoms with Crippen LogP contribution < -0.4 is 22.1 Å². The summed E-state index contributed by atoms with van der Waals surface area (Å²) < 4.78 is 0. The number of aliphatic carboxylic acids is 1. The van der Waals surface area contributed by atoms with Gasteiger partial charge in [0.15, 0.2) is 0 Å². The normalized spacial score (nSPS) is 15.8. The number of hydrogen-bond acceptors (Lipinski definition) is 6. The van der Waals surface area contributed by atoms with Crippen LogP contribution in [0.5, 0.6) is 0 Å². The van der Waals surface area contributed by atoms with Crippen molar-refractivity contribution in [2.75, 3.05) is 0 Å². The van der Waals surface area contributed by atoms with Gasteiger partial charge in [-0.15, -0.1) is 0 Å². The molecule has 0 saturated heterocycles. The molecule has 0 spiro atoms. The van der Waals surface area contributed by atoms with Crippen molar-refractivity contribution in [1.82, 2.24) is 10.6 Å². The zero-order chi connectivity index (χ0) is 19.7. The molecule has 0 aliphatic heterocycles. The van der Waals surface area contributed by atoms with E-state index in [2.05, 4.69) is 10.6 Å². The number of carbonyl (C=O) groups excluding carboxylic acids is 3. The van der Waals surface area contributed by atoms with Gasteiger partial charge in [-0.05, 0) is 25.7 Å². The number of nitrogens with one attached hydrogen (secondary N) is 2. The highest BCUT2D eigenvalue weighted by molar-refractivity contribution is 5.92. The largest absolute Gasteiger partial charge is 0.480 e. The first-order valence-electron chi connectivity index (χ1n) is 8.01. The Hall–Kier alpha value is -2.20. The summed E-state index contributed by atoms with van der Waals surface area (Å²) in [6.07, 6.45) is -1.25. The van der Waals surface area contributed by atoms with Crippen molar-refractivity contribution in [1.29, 1.82) is 0 Å². The third-order valence-corrected chi connectivity index (χ3v) is 3.46. The molecular weight excluding hydrogens is 332 g/mol. The topological polar surface area (TPSA) is 185 Å². The van der Waals surface area contributed by atoms with Crippen LogP contribution in [0.4, 0.5) is 0 Å². The van der Waals surface area contributed by atoms with Crippen molar-refractivity contribution in [3.8, 4) is 0 Å². The number of nitrogens with two attached hydrogens (primary N) is 2. The Morgan fingerprint density at radius 1 is 1.00 bits per heavy atom. The average Bonchev–Trinajstić information content (AvgIpc) is 2.48. The molecule has 0 aromatic heterocycles. The molecule has 0 radical (unpaired) electrons. The summed E-state index contributed by atoms with van der Waals surface area (Å²) in [6.45, 7) is 4.91. The van der Waals surface area contributed by atoms with Crippen LogP contribution in [0.1, 0.15) is 40.0 Å². The monoisotopic (exact) mass is 360 g/mol. The smallest absolute Gasteiger partial charge is 0.326 e. The van der Waals surface area contributed by atoms with Crippen LogP contribution in [0.3, 0.4) is 0 Å². The first kappa shape index (κ1) is 22.8. The summed E-state index contributed by atoms with van der Waals surface area (Å²) in [7, 11) is 0. The van der Waals surface area contributed by atoms with Crippen LogP contribution in [-0.4, -0.2) is 58.1 Å². The maximum absolute atomic E-state index is 12.3. The highest BCUT2D eigenvalue weighted by Crippen LogP contribution is 2.07. The summed E-state index contributed by atoms with van der Waals surface area (Å²) >= 11 is 0. The molecule has 0 aliphatic carbocycles. The lowest BCUT2D eigenvalue weighted by atomic mass is 10.0. The van der Waals surface area contributed by atoms with E-state index in [4.69, 9.17) is 11.5 Å². The Morgan fingerprint density at radius 3 is 1.92 bits per heavy atom. The van der Waals surface area contributed by atoms with Gasteiger partial charge in [0, 0.05) is 6.42 Å². The number of aliphatic hydroxyl groups excluding tert-OH is 1. The molecule has 144 valence electrons. The Bertz CT molecular complexity index is 494. The van der Waals surface area contributed by atoms with Crippen LogP contribution in [0.25, 0.3) is 0 Å². The van der Waals surface area contributed by atoms with Crippen molar-refractivity contribution >= 4 is 23.7 Å². The van der Waals surface area contributed by atoms with Crippen LogP contribution in [0.2, 0.25) is 0 Å². The SMILES string of the molecule is CC(C)CC(NC(=O)C(CCC(N)=O)NC(=O)C(N)C(C)O)C(=O)O. The Kier molecular flexibility index (Phi) is 9.69. The minimum atomic E-state index is -1.27. The molecule has 10 nitrogen and oxygen atoms in total. The lowest BCUT2D eigenvalue weighted by Gasteiger charge is -2.24. The lowest BCUT2D eigenvalue weighted by Crippen LogP contribution is -2.56. The van der Waals surface area contributed by atoms with Gasteiger partial charge in [0.05, 0.1) is 6.10 Å². The van der Waals surface area contributed by atoms with E-state index >= 15 is 0 Å². The molecule has 0 rings (SSSR count). The molecule has 4 atom stereocenters. The molecule has 0 aromatic rings. The van der Waals surface area contributed by atoms with E-state index in [0.29, 0.717) is 0 Å². The third kappa shape index (κ3) is 9.01. The highest BCUT2D eigenvalue weighted by atomic mass is 16.4. The van der Waals surface area contributed by atoms with Crippen molar-refractivity contribution < 1.29 is 29.4 Å². The van der Waals surface area contributed by atoms with Crippen LogP contribution in [-0.2, 0) is 19.2 Å². The second-order valence-corrected chi connectivity index (χ2v) is 6.36. The average molecular weight is 360 g/mol. The molecule has 3 amide bonds. The van der Waals surface area contributed by atoms with Gasteiger partial charge in [-0.2, -0.15) is 0 Å². The van der Waals surface area contributed by atoms with Crippen LogP contribution in [0, 0.1) is 5.92 Å². The molecule has 8 N–H and O–H groups in total. The molecule has 10 heteroatoms. The van der Waals surface area contributed by atoms with Gasteiger partial charge in [-0.3, -0.25) is 14.4 Å². The molecule has 0 aromatic carbocycles. The number of primary amides is 1. The van der Waals surface area contributed by atoms with Gasteiger partial charge in [0.25, 0.3) is 0 Å². The van der Waals surface area contributed by atoms with E-state index in [9.17, 15) is 29.4 Å². The fourth-order valence-corrected chi connectivity index (χ4v) is 2.01. The lowest BCUT2D eigenvalue weighted by molar-refractivity contribution is -0.143. The van der Waals surface area contributed by atoms with E-state index in [1.165, 1.54) is 6.92 Å². The molecule has 0 fully saturated rings. The molecule has 0 saturated carbocycles. The molecule has 25 heavy (non-hydrogen) atoms. The zero-order valence-electron chi connectivity index (χ0n) is 14.7. The van der Waals surface area contributed by atoms with Crippen molar-refractivity contribution in [2.45, 2.75) is 64.3 Å². The molecule has 0 heterocycles. The van der Waals surface area contributed by atoms with Gasteiger partial charge in [-0.25, -0.2) is 4.79 Å². The van der Waals surface area contributed by atoms with Crippen molar-refractivity contribution in [3.63, 3.8) is 0 Å². The number of hydrogen-bond donors (Lipinski definition) is 6. The van der Waals surface area contributed by atoms with E-state index in [0.717, 1.165) is 0 Å². The maximum atomic E-state index is 12.3. The number of amides is 3. The van der Waals surface area contributed by atoms with Crippen molar-refractivity contribution in [2.24, 2.45) is 17.4 Å². The van der Waals surface area contributed by atoms with E-state index < -0.39 is 47.9 Å². The summed E-state index contributed by atoms with van der Waals surface area (Å²) in [5, 5.41) is 23.2. The second-order valence-electron chi connectivity index (χ2n) is 6.36. The predicted molar refractivity (Wildman–Crippen MR) is 89.0 cm³/mol. The zero-order valence-corrected chi connectivity index (χ0v) is 14.7. The Morgan fingerprint density at radius 2 is 1.52 bits per heavy atom. The minimum absolute atomic E-state index is 0.0173. The molecule has 0 aliphatic rings. The fraction of sp³-hybridized carbons (Fsp3) is 0.733. The number of carboxylic acid groups (broad SMARTS) is 1. The first-order chi connectivity index (χ1) is 11.5. The standard InChI is InChI=1S/C15H28N4O6/c1-7(2)6-10(15(24)25)19-13(22)9(4-5-11(16)21)18-14(23)12(17)8(3)20/h7-10,12,20H,4-6,17H2,1-3H3,(H2,16,21)(H,18,23)(H,19,22)(H,24,25). The van der Waals surface area contributed by atoms with E-state index in [1.54, 1.807) is 13.8 Å². The van der Waals surface area contributed by atoms with Gasteiger partial charge >= 0.3 is 5.97 Å². The van der Waals surface area contributed by atoms with Gasteiger partial charge in [0.1, 0.15) is 18.1 Å². The van der Waals surface area contributed by atoms with Crippen molar-refractivity contribution in [3.05, 3.63) is 0 Å². The maximum Gasteiger partial charge on any atom is 0.326 e. The first-order valence-corrected chi connectivity index (χ1v) is 8.01. The van der Waals surface area contributed by atoms with E-state index in [1.807, 2.05) is 0 Å². The summed E-state index contributed by atoms with van der Waals surface area (Å²) in [5.41, 5.74) is 10.6. The minimum Gasteiger partial charge on any atom is -0.480 e. The van der Waals surface area contributed by atoms with E-state index in [-0.39, 0.29) is 25.2 Å². The highest BCUT2D eigenvalue weighted by Gasteiger charge is 2.29. The fourth-order valence-electron chi connectivity index (χ4n) is 2.01. The number of aliphatic hydroxyl groups is 1. The van der Waals surface area contributed by atoms with Gasteiger partial charge < -0.3 is 32.3 Å². The van der Waals surface area contributed by atoms with Crippen LogP contribution in [0.15, 0.2) is 0 Å². The quantitative estimate of drug-likeness (QED) is 0.247. The number of carbonyl (C=O) groups is 4. The van der Waals surface area contributed by atoms with Crippen LogP contribution >= 0.6 is 0 Å². The Balaban J connectivity index is 5.10. The molecular formula is C15H28N4O6. The van der Waals surface area contributed by atoms with Gasteiger partial charge in [-0.1, -0.05) is 13.8 Å².